The zero-order valence-corrected chi connectivity index (χ0v) is 11.4. The maximum absolute atomic E-state index is 11.2. The highest BCUT2D eigenvalue weighted by Gasteiger charge is 2.15. The molecule has 1 heterocycles. The van der Waals surface area contributed by atoms with Crippen LogP contribution in [0.4, 0.5) is 0 Å². The molecule has 0 bridgehead atoms. The first-order valence-corrected chi connectivity index (χ1v) is 6.57. The van der Waals surface area contributed by atoms with E-state index < -0.39 is 12.0 Å². The molecule has 1 aliphatic heterocycles. The topological polar surface area (TPSA) is 126 Å². The molecule has 1 unspecified atom stereocenters. The fraction of sp³-hybridized carbons (Fsp3) is 0.286. The predicted molar refractivity (Wildman–Crippen MR) is 80.5 cm³/mol. The summed E-state index contributed by atoms with van der Waals surface area (Å²) in [5.41, 5.74) is 11.1. The van der Waals surface area contributed by atoms with Crippen LogP contribution >= 0.6 is 0 Å². The second kappa shape index (κ2) is 6.65. The maximum atomic E-state index is 11.2. The van der Waals surface area contributed by atoms with Crippen molar-refractivity contribution in [1.29, 1.82) is 0 Å². The first-order valence-electron chi connectivity index (χ1n) is 6.57. The number of guanidine groups is 1. The number of hydrogen-bond donors (Lipinski definition) is 3. The Hall–Kier alpha value is -2.70. The molecule has 1 aromatic carbocycles. The first-order chi connectivity index (χ1) is 10.1. The monoisotopic (exact) mass is 287 g/mol. The quantitative estimate of drug-likeness (QED) is 0.338. The van der Waals surface area contributed by atoms with Gasteiger partial charge in [-0.05, 0) is 18.9 Å². The summed E-state index contributed by atoms with van der Waals surface area (Å²) >= 11 is 0. The molecule has 0 fully saturated rings. The number of hydrogen-bond acceptors (Lipinski definition) is 4. The number of carboxylic acid groups (broad SMARTS) is 1. The Morgan fingerprint density at radius 2 is 2.14 bits per heavy atom. The van der Waals surface area contributed by atoms with Crippen LogP contribution in [0.2, 0.25) is 0 Å². The minimum atomic E-state index is -0.968. The lowest BCUT2D eigenvalue weighted by Gasteiger charge is -2.08. The van der Waals surface area contributed by atoms with Crippen LogP contribution in [0.3, 0.4) is 0 Å². The van der Waals surface area contributed by atoms with Gasteiger partial charge in [-0.1, -0.05) is 18.2 Å². The van der Waals surface area contributed by atoms with Crippen molar-refractivity contribution in [2.45, 2.75) is 18.9 Å². The second-order valence-electron chi connectivity index (χ2n) is 4.60. The van der Waals surface area contributed by atoms with Crippen LogP contribution in [0, 0.1) is 0 Å². The Morgan fingerprint density at radius 1 is 1.38 bits per heavy atom. The van der Waals surface area contributed by atoms with E-state index in [0.717, 1.165) is 10.6 Å². The fourth-order valence-electron chi connectivity index (χ4n) is 1.94. The maximum Gasteiger partial charge on any atom is 0.328 e. The van der Waals surface area contributed by atoms with Crippen molar-refractivity contribution >= 4 is 23.8 Å². The molecule has 0 amide bonds. The molecule has 1 aliphatic rings. The van der Waals surface area contributed by atoms with E-state index in [9.17, 15) is 4.79 Å². The average molecular weight is 287 g/mol. The van der Waals surface area contributed by atoms with E-state index >= 15 is 0 Å². The molecule has 0 saturated heterocycles. The minimum absolute atomic E-state index is 0.00538. The van der Waals surface area contributed by atoms with Gasteiger partial charge in [-0.2, -0.15) is 0 Å². The number of carbonyl (C=O) groups is 1. The van der Waals surface area contributed by atoms with Gasteiger partial charge in [-0.15, -0.1) is 0 Å². The lowest BCUT2D eigenvalue weighted by molar-refractivity contribution is -0.138. The first kappa shape index (κ1) is 14.7. The fourth-order valence-corrected chi connectivity index (χ4v) is 1.94. The number of benzene rings is 1. The van der Waals surface area contributed by atoms with Crippen molar-refractivity contribution in [2.24, 2.45) is 26.4 Å². The number of nitrogens with two attached hydrogens (primary N) is 2. The zero-order chi connectivity index (χ0) is 15.2. The molecular formula is C14H17N5O2. The van der Waals surface area contributed by atoms with Crippen LogP contribution in [0.15, 0.2) is 39.2 Å². The number of aliphatic carboxylic acids is 1. The van der Waals surface area contributed by atoms with Crippen molar-refractivity contribution in [3.8, 4) is 0 Å². The van der Waals surface area contributed by atoms with Gasteiger partial charge < -0.3 is 16.6 Å². The number of rotatable bonds is 7. The van der Waals surface area contributed by atoms with Crippen molar-refractivity contribution in [1.82, 2.24) is 0 Å². The van der Waals surface area contributed by atoms with Crippen molar-refractivity contribution < 1.29 is 9.90 Å². The molecule has 0 aromatic heterocycles. The van der Waals surface area contributed by atoms with E-state index in [1.807, 2.05) is 24.3 Å². The van der Waals surface area contributed by atoms with E-state index in [4.69, 9.17) is 16.6 Å². The zero-order valence-electron chi connectivity index (χ0n) is 11.4. The van der Waals surface area contributed by atoms with Gasteiger partial charge in [0.2, 0.25) is 0 Å². The van der Waals surface area contributed by atoms with Crippen LogP contribution in [0.1, 0.15) is 12.8 Å². The second-order valence-corrected chi connectivity index (χ2v) is 4.60. The molecule has 7 heteroatoms. The molecule has 21 heavy (non-hydrogen) atoms. The molecule has 1 aromatic rings. The van der Waals surface area contributed by atoms with E-state index in [0.29, 0.717) is 25.1 Å². The Balaban J connectivity index is 1.97. The minimum Gasteiger partial charge on any atom is -0.480 e. The molecular weight excluding hydrogens is 270 g/mol. The summed E-state index contributed by atoms with van der Waals surface area (Å²) in [6.45, 7) is 0.394. The van der Waals surface area contributed by atoms with Crippen LogP contribution in [0.5, 0.6) is 0 Å². The van der Waals surface area contributed by atoms with Gasteiger partial charge in [0, 0.05) is 18.0 Å². The normalized spacial score (nSPS) is 14.0. The highest BCUT2D eigenvalue weighted by atomic mass is 16.4. The number of aliphatic imine (C=N–C) groups is 2. The van der Waals surface area contributed by atoms with Gasteiger partial charge in [0.1, 0.15) is 6.04 Å². The van der Waals surface area contributed by atoms with E-state index in [1.54, 1.807) is 0 Å². The molecule has 110 valence electrons. The number of nitrogens with zero attached hydrogens (tertiary/aromatic N) is 3. The van der Waals surface area contributed by atoms with Crippen LogP contribution in [-0.2, 0) is 4.79 Å². The third kappa shape index (κ3) is 3.88. The molecule has 5 N–H and O–H groups in total. The van der Waals surface area contributed by atoms with Crippen molar-refractivity contribution in [3.63, 3.8) is 0 Å². The molecule has 2 rings (SSSR count). The standard InChI is InChI=1S/C14H17N5O2/c15-14(16)17-7-3-6-11(13(20)21)18-8-12-9-4-1-2-5-10(9)19-12/h1-2,4-5,8,11H,3,6-7H2,(H,20,21)(H4,15,16,17). The van der Waals surface area contributed by atoms with Gasteiger partial charge in [-0.25, -0.2) is 9.79 Å². The molecule has 1 atom stereocenters. The van der Waals surface area contributed by atoms with E-state index in [-0.39, 0.29) is 5.96 Å². The van der Waals surface area contributed by atoms with Crippen molar-refractivity contribution in [2.75, 3.05) is 6.54 Å². The molecule has 7 nitrogen and oxygen atoms in total. The van der Waals surface area contributed by atoms with Gasteiger partial charge in [0.05, 0.1) is 11.1 Å². The van der Waals surface area contributed by atoms with Gasteiger partial charge in [-0.3, -0.25) is 9.98 Å². The highest BCUT2D eigenvalue weighted by Crippen LogP contribution is 2.05. The van der Waals surface area contributed by atoms with Crippen LogP contribution in [-0.4, -0.2) is 35.8 Å². The summed E-state index contributed by atoms with van der Waals surface area (Å²) < 4.78 is 0. The molecule has 0 aliphatic carbocycles. The number of carboxylic acids is 1. The number of fused-ring (bicyclic) bond motifs is 1. The third-order valence-corrected chi connectivity index (χ3v) is 3.01. The summed E-state index contributed by atoms with van der Waals surface area (Å²) in [7, 11) is 0. The smallest absolute Gasteiger partial charge is 0.328 e. The lowest BCUT2D eigenvalue weighted by Crippen LogP contribution is -2.35. The largest absolute Gasteiger partial charge is 0.480 e. The lowest BCUT2D eigenvalue weighted by atomic mass is 10.1. The number of para-hydroxylation sites is 1. The summed E-state index contributed by atoms with van der Waals surface area (Å²) in [5.74, 6) is -0.963. The highest BCUT2D eigenvalue weighted by molar-refractivity contribution is 6.03. The summed E-state index contributed by atoms with van der Waals surface area (Å²) in [4.78, 5) is 23.3. The summed E-state index contributed by atoms with van der Waals surface area (Å²) in [6.07, 6.45) is 2.44. The Kier molecular flexibility index (Phi) is 4.65. The Morgan fingerprint density at radius 3 is 2.81 bits per heavy atom. The molecule has 0 radical (unpaired) electrons. The Labute approximate surface area is 121 Å². The SMILES string of the molecule is NC(N)=NCCCC(N=CC1=c2ccccc2=N1)C(=O)O. The van der Waals surface area contributed by atoms with Gasteiger partial charge in [0.25, 0.3) is 0 Å². The van der Waals surface area contributed by atoms with E-state index in [2.05, 4.69) is 15.0 Å². The predicted octanol–water partition coefficient (Wildman–Crippen LogP) is -0.994. The third-order valence-electron chi connectivity index (χ3n) is 3.01. The van der Waals surface area contributed by atoms with Gasteiger partial charge >= 0.3 is 5.97 Å². The van der Waals surface area contributed by atoms with Crippen molar-refractivity contribution in [3.05, 3.63) is 34.8 Å². The average Bonchev–Trinajstić information content (AvgIpc) is 2.41. The Bertz CT molecular complexity index is 704. The van der Waals surface area contributed by atoms with Crippen LogP contribution in [0.25, 0.3) is 5.70 Å². The van der Waals surface area contributed by atoms with Gasteiger partial charge in [0.15, 0.2) is 5.96 Å². The summed E-state index contributed by atoms with van der Waals surface area (Å²) in [6, 6.07) is 6.83. The molecule has 0 saturated carbocycles. The van der Waals surface area contributed by atoms with Crippen LogP contribution < -0.4 is 22.0 Å². The summed E-state index contributed by atoms with van der Waals surface area (Å²) in [5, 5.41) is 11.0. The van der Waals surface area contributed by atoms with E-state index in [1.165, 1.54) is 6.21 Å². The molecule has 0 spiro atoms.